The average molecular weight is 1050 g/mol. The van der Waals surface area contributed by atoms with Crippen LogP contribution in [0.1, 0.15) is 107 Å². The molecule has 0 aromatic rings. The molecule has 0 unspecified atom stereocenters. The lowest BCUT2D eigenvalue weighted by Crippen LogP contribution is -2.44. The zero-order valence-corrected chi connectivity index (χ0v) is 43.9. The molecule has 384 valence electrons. The van der Waals surface area contributed by atoms with Gasteiger partial charge in [0, 0.05) is 71.7 Å². The first-order chi connectivity index (χ1) is 32.4. The molecule has 0 saturated carbocycles. The number of ether oxygens (including phenoxy) is 8. The summed E-state index contributed by atoms with van der Waals surface area (Å²) < 4.78 is 43.7. The molecule has 0 radical (unpaired) electrons. The highest BCUT2D eigenvalue weighted by Crippen LogP contribution is 2.27. The van der Waals surface area contributed by atoms with Gasteiger partial charge in [0.05, 0.1) is 25.7 Å². The number of hydrogen-bond acceptors (Lipinski definition) is 24. The first-order valence-corrected chi connectivity index (χ1v) is 27.2. The summed E-state index contributed by atoms with van der Waals surface area (Å²) in [5, 5.41) is 0. The Kier molecular flexibility index (Phi) is 21.9. The number of hydrogen-bond donors (Lipinski definition) is 0. The zero-order valence-electron chi connectivity index (χ0n) is 40.6. The quantitative estimate of drug-likeness (QED) is 0.0480. The summed E-state index contributed by atoms with van der Waals surface area (Å²) in [7, 11) is 0. The van der Waals surface area contributed by atoms with E-state index < -0.39 is 102 Å². The van der Waals surface area contributed by atoms with E-state index in [1.165, 1.54) is 47.0 Å². The van der Waals surface area contributed by atoms with Crippen molar-refractivity contribution >= 4 is 118 Å². The number of thioether (sulfide) groups is 4. The number of rotatable bonds is 32. The molecule has 0 aliphatic carbocycles. The second kappa shape index (κ2) is 26.3. The van der Waals surface area contributed by atoms with Crippen LogP contribution < -0.4 is 0 Å². The molecule has 0 spiro atoms. The van der Waals surface area contributed by atoms with Crippen LogP contribution in [-0.2, 0) is 76.3 Å². The normalized spacial score (nSPS) is 18.6. The van der Waals surface area contributed by atoms with Gasteiger partial charge < -0.3 is 37.9 Å². The fourth-order valence-electron chi connectivity index (χ4n) is 6.02. The second-order valence-corrected chi connectivity index (χ2v) is 23.3. The predicted molar refractivity (Wildman–Crippen MR) is 263 cm³/mol. The van der Waals surface area contributed by atoms with Crippen molar-refractivity contribution in [2.75, 3.05) is 72.5 Å². The molecule has 4 heterocycles. The summed E-state index contributed by atoms with van der Waals surface area (Å²) in [6.45, 7) is 11.6. The van der Waals surface area contributed by atoms with E-state index in [0.717, 1.165) is 0 Å². The van der Waals surface area contributed by atoms with Gasteiger partial charge >= 0.3 is 47.8 Å². The molecular formula is C45H64N4O16S4. The van der Waals surface area contributed by atoms with Gasteiger partial charge in [-0.3, -0.25) is 19.2 Å². The summed E-state index contributed by atoms with van der Waals surface area (Å²) >= 11 is 5.71. The van der Waals surface area contributed by atoms with Crippen LogP contribution in [0.4, 0.5) is 0 Å². The third kappa shape index (κ3) is 19.5. The van der Waals surface area contributed by atoms with E-state index in [-0.39, 0.29) is 25.7 Å². The van der Waals surface area contributed by atoms with E-state index in [0.29, 0.717) is 95.3 Å². The number of aliphatic imine (C=N–C) groups is 4. The zero-order chi connectivity index (χ0) is 50.9. The molecule has 0 fully saturated rings. The van der Waals surface area contributed by atoms with Crippen LogP contribution in [0.25, 0.3) is 0 Å². The molecule has 0 N–H and O–H groups in total. The van der Waals surface area contributed by atoms with Crippen molar-refractivity contribution in [3.8, 4) is 0 Å². The summed E-state index contributed by atoms with van der Waals surface area (Å²) in [4.78, 5) is 118. The van der Waals surface area contributed by atoms with E-state index in [1.807, 2.05) is 0 Å². The Bertz CT molecular complexity index is 1770. The van der Waals surface area contributed by atoms with Crippen molar-refractivity contribution in [3.05, 3.63) is 0 Å². The highest BCUT2D eigenvalue weighted by molar-refractivity contribution is 7.99. The van der Waals surface area contributed by atoms with Crippen LogP contribution in [0.2, 0.25) is 0 Å². The fourth-order valence-corrected chi connectivity index (χ4v) is 9.35. The van der Waals surface area contributed by atoms with Gasteiger partial charge in [-0.15, -0.1) is 0 Å². The molecule has 24 heteroatoms. The standard InChI is InChI=1S/C45H64N4O16S4/c1-41(2)37(54)62-29(46-41)9-17-66-21-13-33(50)58-25-45(26-59-34(51)14-22-67-18-10-30-47-42(3,4)38(55)63-30,27-60-35(52)15-23-68-19-11-31-48-43(5,6)39(56)64-31)28-61-36(53)16-24-69-20-12-32-49-44(7,8)40(57)65-32/h9-28H2,1-8H3. The molecule has 0 amide bonds. The highest BCUT2D eigenvalue weighted by Gasteiger charge is 2.41. The Balaban J connectivity index is 1.35. The van der Waals surface area contributed by atoms with Gasteiger partial charge in [-0.25, -0.2) is 39.1 Å². The number of carbonyl (C=O) groups excluding carboxylic acids is 8. The molecular weight excluding hydrogens is 981 g/mol. The number of nitrogens with zero attached hydrogens (tertiary/aromatic N) is 4. The molecule has 4 aliphatic heterocycles. The van der Waals surface area contributed by atoms with Crippen molar-refractivity contribution in [2.45, 2.75) is 129 Å². The molecule has 4 rings (SSSR count). The van der Waals surface area contributed by atoms with Crippen LogP contribution in [0, 0.1) is 5.41 Å². The molecule has 69 heavy (non-hydrogen) atoms. The third-order valence-electron chi connectivity index (χ3n) is 10.3. The lowest BCUT2D eigenvalue weighted by Gasteiger charge is -2.31. The van der Waals surface area contributed by atoms with E-state index in [4.69, 9.17) is 37.9 Å². The highest BCUT2D eigenvalue weighted by atomic mass is 32.2. The molecule has 0 aromatic carbocycles. The molecule has 0 aromatic heterocycles. The number of carbonyl (C=O) groups is 8. The van der Waals surface area contributed by atoms with Gasteiger partial charge in [0.1, 0.15) is 31.8 Å². The van der Waals surface area contributed by atoms with Crippen molar-refractivity contribution in [3.63, 3.8) is 0 Å². The Morgan fingerprint density at radius 2 is 0.594 bits per heavy atom. The summed E-state index contributed by atoms with van der Waals surface area (Å²) in [5.74, 6) is 0.763. The molecule has 4 aliphatic rings. The molecule has 20 nitrogen and oxygen atoms in total. The maximum atomic E-state index is 13.1. The average Bonchev–Trinajstić information content (AvgIpc) is 3.90. The Morgan fingerprint density at radius 1 is 0.391 bits per heavy atom. The van der Waals surface area contributed by atoms with E-state index in [9.17, 15) is 38.4 Å². The first kappa shape index (κ1) is 57.4. The van der Waals surface area contributed by atoms with Gasteiger partial charge in [0.2, 0.25) is 0 Å². The summed E-state index contributed by atoms with van der Waals surface area (Å²) in [6, 6.07) is 0. The minimum atomic E-state index is -1.50. The van der Waals surface area contributed by atoms with E-state index >= 15 is 0 Å². The van der Waals surface area contributed by atoms with Gasteiger partial charge in [-0.2, -0.15) is 47.0 Å². The van der Waals surface area contributed by atoms with Crippen LogP contribution in [-0.4, -0.2) is 166 Å². The Morgan fingerprint density at radius 3 is 0.768 bits per heavy atom. The summed E-state index contributed by atoms with van der Waals surface area (Å²) in [5.41, 5.74) is -5.24. The van der Waals surface area contributed by atoms with E-state index in [1.54, 1.807) is 55.4 Å². The van der Waals surface area contributed by atoms with Crippen molar-refractivity contribution < 1.29 is 76.3 Å². The second-order valence-electron chi connectivity index (χ2n) is 18.4. The Labute approximate surface area is 419 Å². The lowest BCUT2D eigenvalue weighted by atomic mass is 9.92. The van der Waals surface area contributed by atoms with Crippen LogP contribution in [0.3, 0.4) is 0 Å². The molecule has 0 bridgehead atoms. The van der Waals surface area contributed by atoms with Crippen LogP contribution in [0.5, 0.6) is 0 Å². The third-order valence-corrected chi connectivity index (χ3v) is 14.2. The smallest absolute Gasteiger partial charge is 0.340 e. The predicted octanol–water partition coefficient (Wildman–Crippen LogP) is 5.13. The first-order valence-electron chi connectivity index (χ1n) is 22.6. The maximum absolute atomic E-state index is 13.1. The molecule has 0 saturated heterocycles. The largest absolute Gasteiger partial charge is 0.465 e. The van der Waals surface area contributed by atoms with Crippen molar-refractivity contribution in [1.29, 1.82) is 0 Å². The maximum Gasteiger partial charge on any atom is 0.340 e. The van der Waals surface area contributed by atoms with Crippen LogP contribution >= 0.6 is 47.0 Å². The molecule has 0 atom stereocenters. The monoisotopic (exact) mass is 1040 g/mol. The SMILES string of the molecule is CC1(C)N=C(CCSCCC(=O)OCC(COC(=O)CCSCCC2=NC(C)(C)C(=O)O2)(COC(=O)CCSCCC2=NC(C)(C)C(=O)O2)COC(=O)CCSCCC2=NC(C)(C)C(=O)O2)OC1=O. The van der Waals surface area contributed by atoms with Gasteiger partial charge in [-0.1, -0.05) is 0 Å². The lowest BCUT2D eigenvalue weighted by molar-refractivity contribution is -0.170. The topological polar surface area (TPSA) is 260 Å². The minimum absolute atomic E-state index is 0.0150. The van der Waals surface area contributed by atoms with Crippen LogP contribution in [0.15, 0.2) is 20.0 Å². The van der Waals surface area contributed by atoms with Gasteiger partial charge in [0.25, 0.3) is 0 Å². The van der Waals surface area contributed by atoms with E-state index in [2.05, 4.69) is 20.0 Å². The number of cyclic esters (lactones) is 4. The Hall–Kier alpha value is -4.16. The fraction of sp³-hybridized carbons (Fsp3) is 0.733. The summed E-state index contributed by atoms with van der Waals surface area (Å²) in [6.07, 6.45) is 1.51. The van der Waals surface area contributed by atoms with Gasteiger partial charge in [-0.05, 0) is 55.4 Å². The minimum Gasteiger partial charge on any atom is -0.465 e. The van der Waals surface area contributed by atoms with Gasteiger partial charge in [0.15, 0.2) is 45.7 Å². The van der Waals surface area contributed by atoms with Crippen molar-refractivity contribution in [1.82, 2.24) is 0 Å². The van der Waals surface area contributed by atoms with Crippen molar-refractivity contribution in [2.24, 2.45) is 25.4 Å². The number of esters is 8.